The molecule has 1 aromatic heterocycles. The standard InChI is InChI=1S/C17H18O6/c1-8-6-12-13(9(2)7-20-12)14-15-17(23-15,16(19)22-14)5-4-11(8)21-10(3)18/h6-7,11,14-15H,4-5H2,1-3H3/b8-6+/t11-,14-,15-,17-/m0/s1. The largest absolute Gasteiger partial charge is 0.464 e. The van der Waals surface area contributed by atoms with E-state index >= 15 is 0 Å². The monoisotopic (exact) mass is 318 g/mol. The number of carbonyl (C=O) groups excluding carboxylic acids is 2. The Morgan fingerprint density at radius 2 is 2.17 bits per heavy atom. The Morgan fingerprint density at radius 3 is 2.87 bits per heavy atom. The van der Waals surface area contributed by atoms with Gasteiger partial charge in [-0.05, 0) is 43.9 Å². The lowest BCUT2D eigenvalue weighted by Crippen LogP contribution is -2.26. The Bertz CT molecular complexity index is 729. The third kappa shape index (κ3) is 2.05. The summed E-state index contributed by atoms with van der Waals surface area (Å²) in [4.78, 5) is 23.7. The first-order valence-electron chi connectivity index (χ1n) is 7.74. The van der Waals surface area contributed by atoms with Gasteiger partial charge in [0.15, 0.2) is 11.7 Å². The van der Waals surface area contributed by atoms with Crippen molar-refractivity contribution >= 4 is 18.0 Å². The van der Waals surface area contributed by atoms with Crippen LogP contribution in [0.4, 0.5) is 0 Å². The Kier molecular flexibility index (Phi) is 2.97. The molecular formula is C17H18O6. The van der Waals surface area contributed by atoms with E-state index in [-0.39, 0.29) is 18.0 Å². The number of ether oxygens (including phenoxy) is 3. The van der Waals surface area contributed by atoms with Crippen LogP contribution in [0.5, 0.6) is 0 Å². The summed E-state index contributed by atoms with van der Waals surface area (Å²) in [6.07, 6.45) is 3.37. The molecule has 1 aromatic rings. The molecule has 3 aliphatic rings. The van der Waals surface area contributed by atoms with Gasteiger partial charge < -0.3 is 18.6 Å². The fourth-order valence-electron chi connectivity index (χ4n) is 3.63. The van der Waals surface area contributed by atoms with Crippen LogP contribution in [0.25, 0.3) is 6.08 Å². The van der Waals surface area contributed by atoms with Crippen LogP contribution in [0.3, 0.4) is 0 Å². The zero-order valence-corrected chi connectivity index (χ0v) is 13.3. The summed E-state index contributed by atoms with van der Waals surface area (Å²) in [6, 6.07) is 0. The van der Waals surface area contributed by atoms with Crippen LogP contribution in [-0.2, 0) is 23.8 Å². The zero-order chi connectivity index (χ0) is 16.4. The fraction of sp³-hybridized carbons (Fsp3) is 0.529. The highest BCUT2D eigenvalue weighted by Gasteiger charge is 2.73. The van der Waals surface area contributed by atoms with Crippen LogP contribution in [0.1, 0.15) is 49.7 Å². The van der Waals surface area contributed by atoms with Gasteiger partial charge in [0.2, 0.25) is 0 Å². The van der Waals surface area contributed by atoms with Crippen molar-refractivity contribution in [1.29, 1.82) is 0 Å². The summed E-state index contributed by atoms with van der Waals surface area (Å²) in [7, 11) is 0. The van der Waals surface area contributed by atoms with Gasteiger partial charge in [-0.1, -0.05) is 0 Å². The molecule has 2 fully saturated rings. The van der Waals surface area contributed by atoms with Gasteiger partial charge in [-0.25, -0.2) is 4.79 Å². The maximum absolute atomic E-state index is 12.3. The maximum Gasteiger partial charge on any atom is 0.342 e. The van der Waals surface area contributed by atoms with Gasteiger partial charge in [0, 0.05) is 12.5 Å². The topological polar surface area (TPSA) is 78.3 Å². The predicted molar refractivity (Wildman–Crippen MR) is 78.3 cm³/mol. The molecule has 4 rings (SSSR count). The Labute approximate surface area is 133 Å². The van der Waals surface area contributed by atoms with E-state index in [4.69, 9.17) is 18.6 Å². The molecule has 23 heavy (non-hydrogen) atoms. The van der Waals surface area contributed by atoms with Gasteiger partial charge in [0.05, 0.1) is 6.26 Å². The number of fused-ring (bicyclic) bond motifs is 2. The van der Waals surface area contributed by atoms with Gasteiger partial charge in [0.1, 0.15) is 18.0 Å². The molecule has 0 N–H and O–H groups in total. The fourth-order valence-corrected chi connectivity index (χ4v) is 3.63. The highest BCUT2D eigenvalue weighted by Crippen LogP contribution is 2.57. The zero-order valence-electron chi connectivity index (χ0n) is 13.3. The number of rotatable bonds is 1. The average molecular weight is 318 g/mol. The molecule has 1 aliphatic carbocycles. The molecule has 3 heterocycles. The van der Waals surface area contributed by atoms with Crippen LogP contribution in [0.2, 0.25) is 0 Å². The van der Waals surface area contributed by atoms with Crippen LogP contribution in [0, 0.1) is 6.92 Å². The van der Waals surface area contributed by atoms with Crippen molar-refractivity contribution in [3.63, 3.8) is 0 Å². The van der Waals surface area contributed by atoms with E-state index in [1.807, 2.05) is 19.9 Å². The van der Waals surface area contributed by atoms with Crippen molar-refractivity contribution in [3.05, 3.63) is 28.7 Å². The van der Waals surface area contributed by atoms with E-state index in [0.29, 0.717) is 18.6 Å². The van der Waals surface area contributed by atoms with E-state index in [0.717, 1.165) is 16.7 Å². The van der Waals surface area contributed by atoms with Crippen molar-refractivity contribution < 1.29 is 28.2 Å². The minimum atomic E-state index is -0.887. The highest BCUT2D eigenvalue weighted by atomic mass is 16.7. The van der Waals surface area contributed by atoms with E-state index in [1.54, 1.807) is 6.26 Å². The minimum Gasteiger partial charge on any atom is -0.464 e. The molecule has 2 bridgehead atoms. The van der Waals surface area contributed by atoms with Gasteiger partial charge in [-0.15, -0.1) is 0 Å². The van der Waals surface area contributed by atoms with Gasteiger partial charge in [0.25, 0.3) is 0 Å². The lowest BCUT2D eigenvalue weighted by molar-refractivity contribution is -0.154. The number of hydrogen-bond donors (Lipinski definition) is 0. The van der Waals surface area contributed by atoms with Crippen molar-refractivity contribution in [2.45, 2.75) is 57.5 Å². The van der Waals surface area contributed by atoms with Crippen molar-refractivity contribution in [1.82, 2.24) is 0 Å². The number of aryl methyl sites for hydroxylation is 1. The first-order chi connectivity index (χ1) is 10.9. The lowest BCUT2D eigenvalue weighted by Gasteiger charge is -2.19. The molecule has 0 aromatic carbocycles. The summed E-state index contributed by atoms with van der Waals surface area (Å²) < 4.78 is 22.3. The molecule has 0 radical (unpaired) electrons. The molecule has 4 atom stereocenters. The number of esters is 2. The highest BCUT2D eigenvalue weighted by molar-refractivity contribution is 5.87. The van der Waals surface area contributed by atoms with E-state index in [9.17, 15) is 9.59 Å². The van der Waals surface area contributed by atoms with E-state index in [1.165, 1.54) is 6.92 Å². The van der Waals surface area contributed by atoms with E-state index in [2.05, 4.69) is 0 Å². The third-order valence-electron chi connectivity index (χ3n) is 4.88. The molecular weight excluding hydrogens is 300 g/mol. The second-order valence-corrected chi connectivity index (χ2v) is 6.48. The second-order valence-electron chi connectivity index (χ2n) is 6.48. The summed E-state index contributed by atoms with van der Waals surface area (Å²) in [6.45, 7) is 5.19. The summed E-state index contributed by atoms with van der Waals surface area (Å²) in [5.41, 5.74) is 1.74. The van der Waals surface area contributed by atoms with Crippen molar-refractivity contribution in [3.8, 4) is 0 Å². The summed E-state index contributed by atoms with van der Waals surface area (Å²) in [5, 5.41) is 0. The Hall–Kier alpha value is -2.08. The molecule has 2 saturated heterocycles. The van der Waals surface area contributed by atoms with Gasteiger partial charge in [-0.2, -0.15) is 0 Å². The molecule has 0 unspecified atom stereocenters. The maximum atomic E-state index is 12.3. The first-order valence-corrected chi connectivity index (χ1v) is 7.74. The van der Waals surface area contributed by atoms with Crippen LogP contribution < -0.4 is 0 Å². The quantitative estimate of drug-likeness (QED) is 0.584. The van der Waals surface area contributed by atoms with Gasteiger partial charge >= 0.3 is 11.9 Å². The molecule has 122 valence electrons. The predicted octanol–water partition coefficient (Wildman–Crippen LogP) is 2.45. The molecule has 0 saturated carbocycles. The van der Waals surface area contributed by atoms with Crippen LogP contribution in [-0.4, -0.2) is 29.7 Å². The van der Waals surface area contributed by atoms with Crippen LogP contribution in [0.15, 0.2) is 16.3 Å². The Balaban J connectivity index is 1.81. The van der Waals surface area contributed by atoms with E-state index < -0.39 is 17.8 Å². The summed E-state index contributed by atoms with van der Waals surface area (Å²) >= 11 is 0. The molecule has 0 amide bonds. The molecule has 6 nitrogen and oxygen atoms in total. The average Bonchev–Trinajstić information content (AvgIpc) is 3.03. The SMILES string of the molecule is CC(=O)O[C@H]1CC[C@]23O[C@H]2[C@@H](OC3=O)c2c(C)coc2/C=C/1C. The Morgan fingerprint density at radius 1 is 1.39 bits per heavy atom. The number of epoxide rings is 1. The van der Waals surface area contributed by atoms with Crippen LogP contribution >= 0.6 is 0 Å². The molecule has 0 spiro atoms. The van der Waals surface area contributed by atoms with Crippen molar-refractivity contribution in [2.75, 3.05) is 0 Å². The summed E-state index contributed by atoms with van der Waals surface area (Å²) in [5.74, 6) is -0.0587. The number of hydrogen-bond acceptors (Lipinski definition) is 6. The van der Waals surface area contributed by atoms with Crippen molar-refractivity contribution in [2.24, 2.45) is 0 Å². The number of furan rings is 1. The molecule has 2 aliphatic heterocycles. The van der Waals surface area contributed by atoms with Gasteiger partial charge in [-0.3, -0.25) is 4.79 Å². The lowest BCUT2D eigenvalue weighted by atomic mass is 9.90. The first kappa shape index (κ1) is 14.5. The second kappa shape index (κ2) is 4.71. The number of carbonyl (C=O) groups is 2. The normalized spacial score (nSPS) is 37.1. The third-order valence-corrected chi connectivity index (χ3v) is 4.88. The smallest absolute Gasteiger partial charge is 0.342 e. The molecule has 6 heteroatoms. The minimum absolute atomic E-state index is 0.283.